The van der Waals surface area contributed by atoms with Gasteiger partial charge in [-0.05, 0) is 30.4 Å². The molecule has 0 radical (unpaired) electrons. The average Bonchev–Trinajstić information content (AvgIpc) is 3.16. The van der Waals surface area contributed by atoms with Crippen molar-refractivity contribution in [1.29, 1.82) is 0 Å². The summed E-state index contributed by atoms with van der Waals surface area (Å²) in [5.41, 5.74) is 0. The van der Waals surface area contributed by atoms with Crippen molar-refractivity contribution in [2.24, 2.45) is 0 Å². The van der Waals surface area contributed by atoms with Crippen LogP contribution in [0.1, 0.15) is 55.7 Å². The molecule has 1 aliphatic rings. The summed E-state index contributed by atoms with van der Waals surface area (Å²) >= 11 is 2.89. The van der Waals surface area contributed by atoms with Crippen molar-refractivity contribution in [3.63, 3.8) is 0 Å². The minimum atomic E-state index is -3.59. The number of hydrogen-bond acceptors (Lipinski definition) is 6. The van der Waals surface area contributed by atoms with Gasteiger partial charge in [0.2, 0.25) is 0 Å². The van der Waals surface area contributed by atoms with E-state index in [1.807, 2.05) is 26.0 Å². The van der Waals surface area contributed by atoms with Crippen LogP contribution in [0.5, 0.6) is 0 Å². The van der Waals surface area contributed by atoms with Gasteiger partial charge in [0.15, 0.2) is 19.7 Å². The average molecular weight is 419 g/mol. The number of sulfone groups is 2. The van der Waals surface area contributed by atoms with Crippen LogP contribution in [0, 0.1) is 0 Å². The lowest BCUT2D eigenvalue weighted by Crippen LogP contribution is -2.26. The normalized spacial score (nSPS) is 19.7. The van der Waals surface area contributed by atoms with Gasteiger partial charge in [-0.2, -0.15) is 0 Å². The van der Waals surface area contributed by atoms with Crippen LogP contribution in [0.25, 0.3) is 9.75 Å². The maximum Gasteiger partial charge on any atom is 0.182 e. The predicted octanol–water partition coefficient (Wildman–Crippen LogP) is 4.67. The third-order valence-electron chi connectivity index (χ3n) is 4.57. The van der Waals surface area contributed by atoms with E-state index in [2.05, 4.69) is 13.8 Å². The van der Waals surface area contributed by atoms with E-state index in [9.17, 15) is 16.8 Å². The Labute approximate surface area is 157 Å². The van der Waals surface area contributed by atoms with Crippen LogP contribution in [0.4, 0.5) is 0 Å². The molecule has 1 aliphatic heterocycles. The van der Waals surface area contributed by atoms with E-state index in [1.54, 1.807) is 11.3 Å². The van der Waals surface area contributed by atoms with Crippen molar-refractivity contribution in [1.82, 2.24) is 0 Å². The summed E-state index contributed by atoms with van der Waals surface area (Å²) in [6, 6.07) is 3.92. The highest BCUT2D eigenvalue weighted by molar-refractivity contribution is 7.98. The minimum absolute atomic E-state index is 0.0140. The van der Waals surface area contributed by atoms with E-state index in [0.29, 0.717) is 15.7 Å². The quantitative estimate of drug-likeness (QED) is 0.723. The topological polar surface area (TPSA) is 68.3 Å². The molecule has 25 heavy (non-hydrogen) atoms. The van der Waals surface area contributed by atoms with Crippen molar-refractivity contribution < 1.29 is 16.8 Å². The summed E-state index contributed by atoms with van der Waals surface area (Å²) in [4.78, 5) is 3.43. The molecule has 2 aromatic rings. The fourth-order valence-corrected chi connectivity index (χ4v) is 11.0. The Hall–Kier alpha value is -0.700. The molecule has 1 unspecified atom stereocenters. The lowest BCUT2D eigenvalue weighted by atomic mass is 10.1. The highest BCUT2D eigenvalue weighted by Crippen LogP contribution is 2.49. The molecule has 0 aliphatic carbocycles. The Kier molecular flexibility index (Phi) is 4.94. The Balaban J connectivity index is 2.36. The third-order valence-corrected chi connectivity index (χ3v) is 11.8. The summed E-state index contributed by atoms with van der Waals surface area (Å²) < 4.78 is 50.9. The molecule has 1 atom stereocenters. The van der Waals surface area contributed by atoms with Gasteiger partial charge in [0, 0.05) is 14.6 Å². The predicted molar refractivity (Wildman–Crippen MR) is 105 cm³/mol. The van der Waals surface area contributed by atoms with E-state index < -0.39 is 19.7 Å². The Morgan fingerprint density at radius 1 is 0.960 bits per heavy atom. The molecule has 2 aromatic heterocycles. The molecule has 4 nitrogen and oxygen atoms in total. The zero-order valence-electron chi connectivity index (χ0n) is 14.7. The second kappa shape index (κ2) is 6.48. The molecular formula is C17H22O4S4. The van der Waals surface area contributed by atoms with Crippen molar-refractivity contribution in [3.8, 4) is 9.75 Å². The second-order valence-electron chi connectivity index (χ2n) is 6.76. The van der Waals surface area contributed by atoms with Gasteiger partial charge in [0.05, 0.1) is 16.4 Å². The Bertz CT molecular complexity index is 1010. The SMILES string of the molecule is CCC(C)c1sc(-c2ccc(C(C)C)s2)c2c1S(=O)(=O)CCS2(=O)=O. The Morgan fingerprint density at radius 3 is 2.08 bits per heavy atom. The van der Waals surface area contributed by atoms with Crippen LogP contribution in [0.2, 0.25) is 0 Å². The first kappa shape index (κ1) is 19.1. The van der Waals surface area contributed by atoms with Crippen LogP contribution in [-0.2, 0) is 19.7 Å². The lowest BCUT2D eigenvalue weighted by Gasteiger charge is -2.17. The molecule has 0 spiro atoms. The van der Waals surface area contributed by atoms with Crippen LogP contribution in [0.15, 0.2) is 21.9 Å². The summed E-state index contributed by atoms with van der Waals surface area (Å²) in [5.74, 6) is -0.276. The zero-order valence-corrected chi connectivity index (χ0v) is 18.0. The largest absolute Gasteiger partial charge is 0.224 e. The van der Waals surface area contributed by atoms with Gasteiger partial charge >= 0.3 is 0 Å². The summed E-state index contributed by atoms with van der Waals surface area (Å²) in [7, 11) is -7.15. The fourth-order valence-electron chi connectivity index (χ4n) is 2.88. The number of hydrogen-bond donors (Lipinski definition) is 0. The molecule has 0 fully saturated rings. The molecule has 3 heterocycles. The molecule has 138 valence electrons. The highest BCUT2D eigenvalue weighted by Gasteiger charge is 2.41. The molecule has 0 saturated heterocycles. The summed E-state index contributed by atoms with van der Waals surface area (Å²) in [6.07, 6.45) is 0.768. The van der Waals surface area contributed by atoms with Gasteiger partial charge in [-0.25, -0.2) is 16.8 Å². The van der Waals surface area contributed by atoms with Gasteiger partial charge in [0.1, 0.15) is 9.79 Å². The molecule has 8 heteroatoms. The lowest BCUT2D eigenvalue weighted by molar-refractivity contribution is 0.573. The van der Waals surface area contributed by atoms with Gasteiger partial charge in [-0.1, -0.05) is 27.7 Å². The number of rotatable bonds is 4. The summed E-state index contributed by atoms with van der Waals surface area (Å²) in [5, 5.41) is 0. The minimum Gasteiger partial charge on any atom is -0.224 e. The monoisotopic (exact) mass is 418 g/mol. The number of thiophene rings is 2. The standard InChI is InChI=1S/C17H22O4S4/c1-5-11(4)14-16-17(25(20,21)9-8-24(16,18)19)15(23-14)13-7-6-12(22-13)10(2)3/h6-7,10-11H,5,8-9H2,1-4H3. The molecule has 0 bridgehead atoms. The van der Waals surface area contributed by atoms with Crippen LogP contribution in [-0.4, -0.2) is 28.3 Å². The van der Waals surface area contributed by atoms with Crippen molar-refractivity contribution in [3.05, 3.63) is 21.9 Å². The van der Waals surface area contributed by atoms with E-state index in [4.69, 9.17) is 0 Å². The molecule has 3 rings (SSSR count). The van der Waals surface area contributed by atoms with Crippen molar-refractivity contribution in [2.45, 2.75) is 55.7 Å². The van der Waals surface area contributed by atoms with E-state index >= 15 is 0 Å². The summed E-state index contributed by atoms with van der Waals surface area (Å²) in [6.45, 7) is 8.12. The van der Waals surface area contributed by atoms with Crippen LogP contribution < -0.4 is 0 Å². The van der Waals surface area contributed by atoms with Crippen LogP contribution >= 0.6 is 22.7 Å². The first-order valence-corrected chi connectivity index (χ1v) is 13.2. The molecule has 0 amide bonds. The first-order valence-electron chi connectivity index (χ1n) is 8.30. The van der Waals surface area contributed by atoms with Gasteiger partial charge < -0.3 is 0 Å². The maximum atomic E-state index is 12.8. The second-order valence-corrected chi connectivity index (χ2v) is 13.0. The zero-order chi connectivity index (χ0) is 18.6. The van der Waals surface area contributed by atoms with E-state index in [1.165, 1.54) is 16.2 Å². The maximum absolute atomic E-state index is 12.8. The van der Waals surface area contributed by atoms with E-state index in [-0.39, 0.29) is 27.2 Å². The Morgan fingerprint density at radius 2 is 1.56 bits per heavy atom. The van der Waals surface area contributed by atoms with Crippen molar-refractivity contribution in [2.75, 3.05) is 11.5 Å². The molecular weight excluding hydrogens is 396 g/mol. The van der Waals surface area contributed by atoms with Gasteiger partial charge in [-0.3, -0.25) is 0 Å². The van der Waals surface area contributed by atoms with Gasteiger partial charge in [0.25, 0.3) is 0 Å². The third kappa shape index (κ3) is 3.22. The molecule has 0 N–H and O–H groups in total. The first-order chi connectivity index (χ1) is 11.6. The van der Waals surface area contributed by atoms with Crippen molar-refractivity contribution >= 4 is 42.3 Å². The van der Waals surface area contributed by atoms with Crippen LogP contribution in [0.3, 0.4) is 0 Å². The highest BCUT2D eigenvalue weighted by atomic mass is 32.2. The molecule has 0 aromatic carbocycles. The van der Waals surface area contributed by atoms with Gasteiger partial charge in [-0.15, -0.1) is 22.7 Å². The number of fused-ring (bicyclic) bond motifs is 1. The fraction of sp³-hybridized carbons (Fsp3) is 0.529. The molecule has 0 saturated carbocycles. The smallest absolute Gasteiger partial charge is 0.182 e. The van der Waals surface area contributed by atoms with E-state index in [0.717, 1.165) is 11.3 Å².